The Hall–Kier alpha value is -3.30. The van der Waals surface area contributed by atoms with Crippen LogP contribution < -0.4 is 24.4 Å². The fraction of sp³-hybridized carbons (Fsp3) is 0.438. The first-order valence-electron chi connectivity index (χ1n) is 14.2. The number of ether oxygens (including phenoxy) is 5. The van der Waals surface area contributed by atoms with E-state index in [2.05, 4.69) is 22.3 Å². The third-order valence-corrected chi connectivity index (χ3v) is 7.90. The number of anilines is 1. The van der Waals surface area contributed by atoms with Crippen molar-refractivity contribution in [3.8, 4) is 23.0 Å². The Morgan fingerprint density at radius 1 is 0.950 bits per heavy atom. The van der Waals surface area contributed by atoms with Gasteiger partial charge in [-0.1, -0.05) is 18.2 Å². The molecular weight excluding hydrogens is 508 g/mol. The number of piperidine rings is 1. The molecule has 3 atom stereocenters. The van der Waals surface area contributed by atoms with Gasteiger partial charge < -0.3 is 39.0 Å². The number of aliphatic hydroxyl groups excluding tert-OH is 1. The number of fused-ring (bicyclic) bond motifs is 2. The molecule has 0 amide bonds. The van der Waals surface area contributed by atoms with E-state index in [0.717, 1.165) is 79.0 Å². The van der Waals surface area contributed by atoms with E-state index >= 15 is 0 Å². The van der Waals surface area contributed by atoms with Crippen molar-refractivity contribution in [3.63, 3.8) is 0 Å². The molecule has 3 aromatic carbocycles. The molecule has 0 spiro atoms. The standard InChI is InChI=1S/C32H38N2O6/c1-36-14-2-12-34-13-16-38-30-9-3-22(17-27(30)34)21-39-31-20-33-19-28(35)32(31)23-4-6-25(7-5-23)40-26-8-10-29-24(18-26)11-15-37-29/h3-10,17-18,28,31-33,35H,2,11-16,19-21H2,1H3. The Balaban J connectivity index is 1.11. The van der Waals surface area contributed by atoms with E-state index in [-0.39, 0.29) is 12.0 Å². The molecule has 0 aromatic heterocycles. The number of hydrogen-bond donors (Lipinski definition) is 2. The SMILES string of the molecule is COCCCN1CCOc2ccc(COC3CNCC(O)C3c3ccc(Oc4ccc5c(c4)CCO5)cc3)cc21. The first kappa shape index (κ1) is 26.9. The predicted octanol–water partition coefficient (Wildman–Crippen LogP) is 4.28. The van der Waals surface area contributed by atoms with E-state index in [1.807, 2.05) is 48.5 Å². The lowest BCUT2D eigenvalue weighted by atomic mass is 9.85. The van der Waals surface area contributed by atoms with Crippen LogP contribution in [-0.2, 0) is 22.5 Å². The molecule has 8 nitrogen and oxygen atoms in total. The van der Waals surface area contributed by atoms with Gasteiger partial charge in [-0.3, -0.25) is 0 Å². The van der Waals surface area contributed by atoms with Gasteiger partial charge in [0.25, 0.3) is 0 Å². The zero-order chi connectivity index (χ0) is 27.3. The summed E-state index contributed by atoms with van der Waals surface area (Å²) in [4.78, 5) is 2.36. The highest BCUT2D eigenvalue weighted by molar-refractivity contribution is 5.61. The molecule has 3 unspecified atom stereocenters. The van der Waals surface area contributed by atoms with Crippen LogP contribution in [0.25, 0.3) is 0 Å². The minimum atomic E-state index is -0.546. The number of methoxy groups -OCH3 is 1. The summed E-state index contributed by atoms with van der Waals surface area (Å²) in [6.07, 6.45) is 1.16. The second kappa shape index (κ2) is 12.5. The highest BCUT2D eigenvalue weighted by Crippen LogP contribution is 2.35. The molecule has 3 heterocycles. The van der Waals surface area contributed by atoms with E-state index in [4.69, 9.17) is 23.7 Å². The molecule has 8 heteroatoms. The lowest BCUT2D eigenvalue weighted by Crippen LogP contribution is -2.49. The fourth-order valence-electron chi connectivity index (χ4n) is 5.84. The van der Waals surface area contributed by atoms with Gasteiger partial charge in [-0.15, -0.1) is 0 Å². The van der Waals surface area contributed by atoms with Gasteiger partial charge in [-0.2, -0.15) is 0 Å². The number of benzene rings is 3. The van der Waals surface area contributed by atoms with Gasteiger partial charge in [-0.05, 0) is 60.0 Å². The summed E-state index contributed by atoms with van der Waals surface area (Å²) in [7, 11) is 1.74. The topological polar surface area (TPSA) is 81.7 Å². The second-order valence-corrected chi connectivity index (χ2v) is 10.6. The Bertz CT molecular complexity index is 1280. The van der Waals surface area contributed by atoms with Crippen LogP contribution in [0.4, 0.5) is 5.69 Å². The van der Waals surface area contributed by atoms with Crippen molar-refractivity contribution in [2.45, 2.75) is 37.6 Å². The molecule has 3 aliphatic heterocycles. The van der Waals surface area contributed by atoms with Crippen LogP contribution in [0.1, 0.15) is 29.0 Å². The van der Waals surface area contributed by atoms with Crippen LogP contribution in [0, 0.1) is 0 Å². The summed E-state index contributed by atoms with van der Waals surface area (Å²) in [5.74, 6) is 3.27. The van der Waals surface area contributed by atoms with Gasteiger partial charge in [0.1, 0.15) is 29.6 Å². The van der Waals surface area contributed by atoms with Gasteiger partial charge in [0.15, 0.2) is 0 Å². The average molecular weight is 547 g/mol. The van der Waals surface area contributed by atoms with Crippen molar-refractivity contribution < 1.29 is 28.8 Å². The Kier molecular flexibility index (Phi) is 8.39. The van der Waals surface area contributed by atoms with E-state index < -0.39 is 6.10 Å². The molecule has 3 aromatic rings. The molecule has 0 radical (unpaired) electrons. The molecular formula is C32H38N2O6. The number of aliphatic hydroxyl groups is 1. The summed E-state index contributed by atoms with van der Waals surface area (Å²) in [6, 6.07) is 20.2. The maximum Gasteiger partial charge on any atom is 0.142 e. The Morgan fingerprint density at radius 3 is 2.65 bits per heavy atom. The summed E-state index contributed by atoms with van der Waals surface area (Å²) in [6.45, 7) is 5.61. The van der Waals surface area contributed by atoms with Crippen molar-refractivity contribution in [2.24, 2.45) is 0 Å². The monoisotopic (exact) mass is 546 g/mol. The van der Waals surface area contributed by atoms with Gasteiger partial charge in [0.2, 0.25) is 0 Å². The van der Waals surface area contributed by atoms with E-state index in [9.17, 15) is 5.11 Å². The fourth-order valence-corrected chi connectivity index (χ4v) is 5.84. The minimum Gasteiger partial charge on any atom is -0.493 e. The van der Waals surface area contributed by atoms with Crippen LogP contribution in [-0.4, -0.2) is 70.4 Å². The summed E-state index contributed by atoms with van der Waals surface area (Å²) >= 11 is 0. The molecule has 1 saturated heterocycles. The molecule has 0 saturated carbocycles. The Labute approximate surface area is 235 Å². The normalized spacial score (nSPS) is 21.8. The van der Waals surface area contributed by atoms with Crippen LogP contribution in [0.15, 0.2) is 60.7 Å². The largest absolute Gasteiger partial charge is 0.493 e. The summed E-state index contributed by atoms with van der Waals surface area (Å²) in [5.41, 5.74) is 4.41. The minimum absolute atomic E-state index is 0.140. The quantitative estimate of drug-likeness (QED) is 0.365. The van der Waals surface area contributed by atoms with E-state index in [0.29, 0.717) is 26.3 Å². The molecule has 2 N–H and O–H groups in total. The summed E-state index contributed by atoms with van der Waals surface area (Å²) < 4.78 is 29.3. The molecule has 212 valence electrons. The molecule has 0 aliphatic carbocycles. The molecule has 6 rings (SSSR count). The smallest absolute Gasteiger partial charge is 0.142 e. The van der Waals surface area contributed by atoms with Crippen molar-refractivity contribution in [2.75, 3.05) is 58.0 Å². The third kappa shape index (κ3) is 6.05. The number of rotatable bonds is 10. The maximum atomic E-state index is 11.0. The highest BCUT2D eigenvalue weighted by atomic mass is 16.5. The second-order valence-electron chi connectivity index (χ2n) is 10.6. The van der Waals surface area contributed by atoms with E-state index in [1.165, 1.54) is 5.56 Å². The average Bonchev–Trinajstić information content (AvgIpc) is 3.45. The molecule has 40 heavy (non-hydrogen) atoms. The number of hydrogen-bond acceptors (Lipinski definition) is 8. The predicted molar refractivity (Wildman–Crippen MR) is 153 cm³/mol. The first-order valence-corrected chi connectivity index (χ1v) is 14.2. The van der Waals surface area contributed by atoms with Gasteiger partial charge in [0.05, 0.1) is 37.7 Å². The van der Waals surface area contributed by atoms with Crippen molar-refractivity contribution in [1.29, 1.82) is 0 Å². The third-order valence-electron chi connectivity index (χ3n) is 7.90. The van der Waals surface area contributed by atoms with Crippen molar-refractivity contribution in [3.05, 3.63) is 77.4 Å². The van der Waals surface area contributed by atoms with Crippen LogP contribution in [0.3, 0.4) is 0 Å². The van der Waals surface area contributed by atoms with Crippen LogP contribution in [0.5, 0.6) is 23.0 Å². The van der Waals surface area contributed by atoms with E-state index in [1.54, 1.807) is 7.11 Å². The zero-order valence-electron chi connectivity index (χ0n) is 23.0. The molecule has 0 bridgehead atoms. The lowest BCUT2D eigenvalue weighted by molar-refractivity contribution is -0.0328. The van der Waals surface area contributed by atoms with Crippen LogP contribution in [0.2, 0.25) is 0 Å². The van der Waals surface area contributed by atoms with Gasteiger partial charge in [-0.25, -0.2) is 0 Å². The first-order chi connectivity index (χ1) is 19.7. The molecule has 1 fully saturated rings. The number of nitrogens with zero attached hydrogens (tertiary/aromatic N) is 1. The Morgan fingerprint density at radius 2 is 1.77 bits per heavy atom. The zero-order valence-corrected chi connectivity index (χ0v) is 23.0. The van der Waals surface area contributed by atoms with Gasteiger partial charge in [0, 0.05) is 51.3 Å². The van der Waals surface area contributed by atoms with Crippen molar-refractivity contribution >= 4 is 5.69 Å². The number of β-amino-alcohol motifs (C(OH)–C–C–N with tert-alkyl or cyclic N) is 1. The molecule has 3 aliphatic rings. The van der Waals surface area contributed by atoms with Crippen molar-refractivity contribution in [1.82, 2.24) is 5.32 Å². The van der Waals surface area contributed by atoms with Gasteiger partial charge >= 0.3 is 0 Å². The lowest BCUT2D eigenvalue weighted by Gasteiger charge is -2.36. The van der Waals surface area contributed by atoms with Crippen LogP contribution >= 0.6 is 0 Å². The number of nitrogens with one attached hydrogen (secondary N) is 1. The highest BCUT2D eigenvalue weighted by Gasteiger charge is 2.34. The maximum absolute atomic E-state index is 11.0. The summed E-state index contributed by atoms with van der Waals surface area (Å²) in [5, 5.41) is 14.3.